The van der Waals surface area contributed by atoms with Crippen LogP contribution in [0.1, 0.15) is 26.3 Å². The summed E-state index contributed by atoms with van der Waals surface area (Å²) in [7, 11) is 0. The van der Waals surface area contributed by atoms with E-state index in [1.807, 2.05) is 13.8 Å². The molecule has 3 rings (SSSR count). The number of benzene rings is 1. The molecule has 2 heterocycles. The van der Waals surface area contributed by atoms with Crippen LogP contribution >= 0.6 is 0 Å². The van der Waals surface area contributed by atoms with E-state index in [9.17, 15) is 0 Å². The van der Waals surface area contributed by atoms with Crippen LogP contribution in [0.4, 0.5) is 0 Å². The van der Waals surface area contributed by atoms with Gasteiger partial charge in [0, 0.05) is 38.8 Å². The quantitative estimate of drug-likeness (QED) is 0.752. The molecule has 0 radical (unpaired) electrons. The van der Waals surface area contributed by atoms with Crippen molar-refractivity contribution in [3.8, 4) is 0 Å². The highest BCUT2D eigenvalue weighted by Crippen LogP contribution is 2.21. The van der Waals surface area contributed by atoms with Gasteiger partial charge in [-0.2, -0.15) is 0 Å². The van der Waals surface area contributed by atoms with Crippen LogP contribution < -0.4 is 0 Å². The molecule has 2 aliphatic heterocycles. The average Bonchev–Trinajstić information content (AvgIpc) is 2.81. The third kappa shape index (κ3) is 3.68. The Balaban J connectivity index is 0.000000637. The topological polar surface area (TPSA) is 6.48 Å². The maximum Gasteiger partial charge on any atom is 0.0412 e. The summed E-state index contributed by atoms with van der Waals surface area (Å²) < 4.78 is 0. The lowest BCUT2D eigenvalue weighted by Crippen LogP contribution is -2.49. The Hall–Kier alpha value is -1.12. The molecule has 0 saturated carbocycles. The second-order valence-corrected chi connectivity index (χ2v) is 5.27. The van der Waals surface area contributed by atoms with E-state index in [2.05, 4.69) is 53.1 Å². The molecule has 0 spiro atoms. The molecule has 0 N–H and O–H groups in total. The molecule has 1 fully saturated rings. The van der Waals surface area contributed by atoms with Crippen LogP contribution in [-0.2, 0) is 6.54 Å². The van der Waals surface area contributed by atoms with E-state index in [1.54, 1.807) is 0 Å². The van der Waals surface area contributed by atoms with Crippen molar-refractivity contribution in [3.63, 3.8) is 0 Å². The summed E-state index contributed by atoms with van der Waals surface area (Å²) in [6, 6.07) is 11.5. The van der Waals surface area contributed by atoms with Gasteiger partial charge in [-0.25, -0.2) is 0 Å². The largest absolute Gasteiger partial charge is 0.296 e. The van der Waals surface area contributed by atoms with Gasteiger partial charge in [-0.05, 0) is 12.5 Å². The van der Waals surface area contributed by atoms with Crippen LogP contribution in [0.5, 0.6) is 0 Å². The minimum Gasteiger partial charge on any atom is -0.296 e. The summed E-state index contributed by atoms with van der Waals surface area (Å²) in [6.07, 6.45) is 2.44. The normalized spacial score (nSPS) is 23.3. The Kier molecular flexibility index (Phi) is 5.17. The predicted octanol–water partition coefficient (Wildman–Crippen LogP) is 3.16. The first-order valence-corrected chi connectivity index (χ1v) is 7.49. The number of hydrogen-bond donors (Lipinski definition) is 0. The minimum absolute atomic E-state index is 0.660. The van der Waals surface area contributed by atoms with E-state index < -0.39 is 0 Å². The van der Waals surface area contributed by atoms with Crippen LogP contribution in [0, 0.1) is 0 Å². The first-order valence-electron chi connectivity index (χ1n) is 7.49. The van der Waals surface area contributed by atoms with Gasteiger partial charge >= 0.3 is 0 Å². The first-order chi connectivity index (χ1) is 9.31. The van der Waals surface area contributed by atoms with Crippen molar-refractivity contribution in [2.24, 2.45) is 0 Å². The molecular formula is C17H26N2. The molecular weight excluding hydrogens is 232 g/mol. The first kappa shape index (κ1) is 14.3. The lowest BCUT2D eigenvalue weighted by atomic mass is 10.1. The molecule has 1 atom stereocenters. The van der Waals surface area contributed by atoms with Crippen LogP contribution in [0.2, 0.25) is 0 Å². The number of hydrogen-bond acceptors (Lipinski definition) is 2. The Morgan fingerprint density at radius 1 is 1.11 bits per heavy atom. The van der Waals surface area contributed by atoms with E-state index in [0.29, 0.717) is 6.04 Å². The summed E-state index contributed by atoms with van der Waals surface area (Å²) in [6.45, 7) is 12.1. The molecule has 19 heavy (non-hydrogen) atoms. The van der Waals surface area contributed by atoms with Crippen molar-refractivity contribution in [1.82, 2.24) is 9.80 Å². The third-order valence-electron chi connectivity index (χ3n) is 3.80. The zero-order valence-corrected chi connectivity index (χ0v) is 12.5. The molecule has 1 aromatic carbocycles. The summed E-state index contributed by atoms with van der Waals surface area (Å²) in [5.41, 5.74) is 2.97. The monoisotopic (exact) mass is 258 g/mol. The highest BCUT2D eigenvalue weighted by Gasteiger charge is 2.28. The van der Waals surface area contributed by atoms with E-state index in [4.69, 9.17) is 0 Å². The van der Waals surface area contributed by atoms with E-state index in [1.165, 1.54) is 37.3 Å². The van der Waals surface area contributed by atoms with E-state index in [0.717, 1.165) is 6.54 Å². The van der Waals surface area contributed by atoms with Crippen molar-refractivity contribution < 1.29 is 0 Å². The number of fused-ring (bicyclic) bond motifs is 1. The summed E-state index contributed by atoms with van der Waals surface area (Å²) in [5, 5.41) is 0. The van der Waals surface area contributed by atoms with Crippen molar-refractivity contribution in [2.45, 2.75) is 33.4 Å². The van der Waals surface area contributed by atoms with E-state index in [-0.39, 0.29) is 0 Å². The molecule has 0 unspecified atom stereocenters. The standard InChI is InChI=1S/C15H20N2.C2H6/c1-13-9-15-12-16(7-8-17(15)10-13)11-14-5-3-2-4-6-14;1-2/h2-6,9,15H,7-8,10-12H2,1H3;1-2H3/t15-;/m0./s1. The fourth-order valence-electron chi connectivity index (χ4n) is 2.95. The number of nitrogens with zero attached hydrogens (tertiary/aromatic N) is 2. The van der Waals surface area contributed by atoms with Gasteiger partial charge < -0.3 is 0 Å². The van der Waals surface area contributed by atoms with E-state index >= 15 is 0 Å². The second kappa shape index (κ2) is 6.88. The van der Waals surface area contributed by atoms with Crippen molar-refractivity contribution >= 4 is 0 Å². The number of rotatable bonds is 2. The van der Waals surface area contributed by atoms with Crippen molar-refractivity contribution in [2.75, 3.05) is 26.2 Å². The Morgan fingerprint density at radius 3 is 2.58 bits per heavy atom. The molecule has 0 bridgehead atoms. The van der Waals surface area contributed by atoms with Gasteiger partial charge in [-0.15, -0.1) is 0 Å². The molecule has 0 amide bonds. The maximum absolute atomic E-state index is 2.59. The predicted molar refractivity (Wildman–Crippen MR) is 82.2 cm³/mol. The van der Waals surface area contributed by atoms with Crippen LogP contribution in [0.15, 0.2) is 42.0 Å². The molecule has 1 aromatic rings. The third-order valence-corrected chi connectivity index (χ3v) is 3.80. The molecule has 0 aromatic heterocycles. The second-order valence-electron chi connectivity index (χ2n) is 5.27. The van der Waals surface area contributed by atoms with Crippen LogP contribution in [0.25, 0.3) is 0 Å². The zero-order valence-electron chi connectivity index (χ0n) is 12.5. The summed E-state index contributed by atoms with van der Waals surface area (Å²) in [5.74, 6) is 0. The SMILES string of the molecule is CC.CC1=C[C@H]2CN(Cc3ccccc3)CCN2C1. The molecule has 2 nitrogen and oxygen atoms in total. The Morgan fingerprint density at radius 2 is 1.84 bits per heavy atom. The molecule has 104 valence electrons. The summed E-state index contributed by atoms with van der Waals surface area (Å²) >= 11 is 0. The fourth-order valence-corrected chi connectivity index (χ4v) is 2.95. The van der Waals surface area contributed by atoms with Gasteiger partial charge in [-0.1, -0.05) is 55.8 Å². The highest BCUT2D eigenvalue weighted by atomic mass is 15.3. The van der Waals surface area contributed by atoms with Gasteiger partial charge in [0.25, 0.3) is 0 Å². The van der Waals surface area contributed by atoms with Gasteiger partial charge in [-0.3, -0.25) is 9.80 Å². The lowest BCUT2D eigenvalue weighted by Gasteiger charge is -2.37. The minimum atomic E-state index is 0.660. The van der Waals surface area contributed by atoms with Crippen LogP contribution in [0.3, 0.4) is 0 Å². The number of piperazine rings is 1. The smallest absolute Gasteiger partial charge is 0.0412 e. The highest BCUT2D eigenvalue weighted by molar-refractivity contribution is 5.18. The van der Waals surface area contributed by atoms with Gasteiger partial charge in [0.05, 0.1) is 0 Å². The van der Waals surface area contributed by atoms with Gasteiger partial charge in [0.15, 0.2) is 0 Å². The maximum atomic E-state index is 2.59. The lowest BCUT2D eigenvalue weighted by molar-refractivity contribution is 0.110. The van der Waals surface area contributed by atoms with Gasteiger partial charge in [0.1, 0.15) is 0 Å². The molecule has 1 saturated heterocycles. The van der Waals surface area contributed by atoms with Crippen molar-refractivity contribution in [1.29, 1.82) is 0 Å². The van der Waals surface area contributed by atoms with Crippen LogP contribution in [-0.4, -0.2) is 42.0 Å². The Labute approximate surface area is 117 Å². The molecule has 2 heteroatoms. The van der Waals surface area contributed by atoms with Gasteiger partial charge in [0.2, 0.25) is 0 Å². The fraction of sp³-hybridized carbons (Fsp3) is 0.529. The Bertz CT molecular complexity index is 411. The molecule has 2 aliphatic rings. The van der Waals surface area contributed by atoms with Crippen molar-refractivity contribution in [3.05, 3.63) is 47.5 Å². The zero-order chi connectivity index (χ0) is 13.7. The average molecular weight is 258 g/mol. The summed E-state index contributed by atoms with van der Waals surface area (Å²) in [4.78, 5) is 5.17. The molecule has 0 aliphatic carbocycles.